The molecule has 0 radical (unpaired) electrons. The first-order chi connectivity index (χ1) is 8.33. The van der Waals surface area contributed by atoms with Crippen molar-refractivity contribution in [1.82, 2.24) is 9.88 Å². The molecule has 92 valence electrons. The van der Waals surface area contributed by atoms with Crippen LogP contribution >= 0.6 is 0 Å². The van der Waals surface area contributed by atoms with E-state index in [-0.39, 0.29) is 18.6 Å². The monoisotopic (exact) mass is 234 g/mol. The standard InChI is InChI=1S/C13H18N2O2/c16-10-4-6-11-5-3-9-15(11)13(17)12-7-1-2-8-14-12/h1-2,7-8,11,16H,3-6,9-10H2. The molecule has 1 fully saturated rings. The maximum absolute atomic E-state index is 12.2. The van der Waals surface area contributed by atoms with Crippen LogP contribution in [-0.2, 0) is 0 Å². The number of nitrogens with zero attached hydrogens (tertiary/aromatic N) is 2. The molecule has 4 heteroatoms. The van der Waals surface area contributed by atoms with Gasteiger partial charge < -0.3 is 10.0 Å². The quantitative estimate of drug-likeness (QED) is 0.858. The summed E-state index contributed by atoms with van der Waals surface area (Å²) in [5, 5.41) is 8.85. The topological polar surface area (TPSA) is 53.4 Å². The Bertz CT molecular complexity index is 367. The van der Waals surface area contributed by atoms with Crippen LogP contribution in [0, 0.1) is 0 Å². The lowest BCUT2D eigenvalue weighted by atomic mass is 10.1. The molecule has 1 unspecified atom stereocenters. The lowest BCUT2D eigenvalue weighted by Crippen LogP contribution is -2.36. The van der Waals surface area contributed by atoms with Crippen molar-refractivity contribution in [2.24, 2.45) is 0 Å². The Hall–Kier alpha value is -1.42. The highest BCUT2D eigenvalue weighted by molar-refractivity contribution is 5.92. The average Bonchev–Trinajstić information content (AvgIpc) is 2.84. The smallest absolute Gasteiger partial charge is 0.272 e. The lowest BCUT2D eigenvalue weighted by molar-refractivity contribution is 0.0718. The number of aliphatic hydroxyl groups is 1. The van der Waals surface area contributed by atoms with Crippen molar-refractivity contribution >= 4 is 5.91 Å². The molecule has 1 aliphatic heterocycles. The first kappa shape index (κ1) is 12.0. The van der Waals surface area contributed by atoms with Gasteiger partial charge in [0.05, 0.1) is 0 Å². The Balaban J connectivity index is 2.03. The van der Waals surface area contributed by atoms with Gasteiger partial charge in [0.25, 0.3) is 5.91 Å². The maximum Gasteiger partial charge on any atom is 0.272 e. The normalized spacial score (nSPS) is 19.6. The van der Waals surface area contributed by atoms with E-state index in [0.29, 0.717) is 5.69 Å². The summed E-state index contributed by atoms with van der Waals surface area (Å²) in [5.41, 5.74) is 0.517. The van der Waals surface area contributed by atoms with Crippen molar-refractivity contribution < 1.29 is 9.90 Å². The minimum atomic E-state index is 0.0195. The van der Waals surface area contributed by atoms with E-state index in [2.05, 4.69) is 4.98 Å². The third kappa shape index (κ3) is 2.82. The van der Waals surface area contributed by atoms with Gasteiger partial charge in [0.2, 0.25) is 0 Å². The van der Waals surface area contributed by atoms with Gasteiger partial charge >= 0.3 is 0 Å². The van der Waals surface area contributed by atoms with Crippen molar-refractivity contribution in [1.29, 1.82) is 0 Å². The van der Waals surface area contributed by atoms with Gasteiger partial charge in [-0.25, -0.2) is 0 Å². The minimum Gasteiger partial charge on any atom is -0.396 e. The first-order valence-corrected chi connectivity index (χ1v) is 6.16. The maximum atomic E-state index is 12.2. The van der Waals surface area contributed by atoms with E-state index in [9.17, 15) is 4.79 Å². The van der Waals surface area contributed by atoms with Crippen LogP contribution in [0.15, 0.2) is 24.4 Å². The van der Waals surface area contributed by atoms with Gasteiger partial charge in [-0.05, 0) is 37.8 Å². The van der Waals surface area contributed by atoms with Crippen LogP contribution < -0.4 is 0 Å². The second-order valence-electron chi connectivity index (χ2n) is 4.38. The molecule has 0 bridgehead atoms. The molecule has 0 spiro atoms. The van der Waals surface area contributed by atoms with Gasteiger partial charge in [-0.1, -0.05) is 6.07 Å². The fourth-order valence-corrected chi connectivity index (χ4v) is 2.37. The minimum absolute atomic E-state index is 0.0195. The van der Waals surface area contributed by atoms with Gasteiger partial charge in [-0.3, -0.25) is 9.78 Å². The molecule has 1 atom stereocenters. The molecule has 1 saturated heterocycles. The highest BCUT2D eigenvalue weighted by atomic mass is 16.3. The molecule has 0 aliphatic carbocycles. The number of aliphatic hydroxyl groups excluding tert-OH is 1. The third-order valence-electron chi connectivity index (χ3n) is 3.22. The number of carbonyl (C=O) groups is 1. The molecule has 17 heavy (non-hydrogen) atoms. The van der Waals surface area contributed by atoms with Gasteiger partial charge in [0.15, 0.2) is 0 Å². The summed E-state index contributed by atoms with van der Waals surface area (Å²) >= 11 is 0. The Morgan fingerprint density at radius 3 is 3.12 bits per heavy atom. The molecule has 0 saturated carbocycles. The summed E-state index contributed by atoms with van der Waals surface area (Å²) in [5.74, 6) is 0.0195. The van der Waals surface area contributed by atoms with E-state index >= 15 is 0 Å². The van der Waals surface area contributed by atoms with E-state index in [4.69, 9.17) is 5.11 Å². The zero-order valence-corrected chi connectivity index (χ0v) is 9.88. The summed E-state index contributed by atoms with van der Waals surface area (Å²) in [7, 11) is 0. The second kappa shape index (κ2) is 5.77. The molecule has 1 amide bonds. The van der Waals surface area contributed by atoms with Gasteiger partial charge in [-0.2, -0.15) is 0 Å². The van der Waals surface area contributed by atoms with Crippen molar-refractivity contribution in [3.63, 3.8) is 0 Å². The van der Waals surface area contributed by atoms with Crippen LogP contribution in [0.1, 0.15) is 36.2 Å². The zero-order valence-electron chi connectivity index (χ0n) is 9.88. The Kier molecular flexibility index (Phi) is 4.09. The molecule has 1 N–H and O–H groups in total. The van der Waals surface area contributed by atoms with Crippen LogP contribution in [0.3, 0.4) is 0 Å². The number of carbonyl (C=O) groups excluding carboxylic acids is 1. The molecule has 1 aromatic rings. The first-order valence-electron chi connectivity index (χ1n) is 6.16. The number of rotatable bonds is 4. The van der Waals surface area contributed by atoms with E-state index in [0.717, 1.165) is 32.2 Å². The molecular weight excluding hydrogens is 216 g/mol. The number of hydrogen-bond acceptors (Lipinski definition) is 3. The summed E-state index contributed by atoms with van der Waals surface area (Å²) in [4.78, 5) is 18.2. The molecule has 4 nitrogen and oxygen atoms in total. The predicted octanol–water partition coefficient (Wildman–Crippen LogP) is 1.46. The number of aromatic nitrogens is 1. The predicted molar refractivity (Wildman–Crippen MR) is 64.6 cm³/mol. The van der Waals surface area contributed by atoms with Gasteiger partial charge in [0, 0.05) is 25.4 Å². The highest BCUT2D eigenvalue weighted by Gasteiger charge is 2.29. The van der Waals surface area contributed by atoms with Crippen molar-refractivity contribution in [2.45, 2.75) is 31.7 Å². The summed E-state index contributed by atoms with van der Waals surface area (Å²) in [6.45, 7) is 1.01. The number of amides is 1. The molecule has 1 aliphatic rings. The molecule has 2 heterocycles. The van der Waals surface area contributed by atoms with E-state index < -0.39 is 0 Å². The summed E-state index contributed by atoms with van der Waals surface area (Å²) in [6.07, 6.45) is 5.38. The largest absolute Gasteiger partial charge is 0.396 e. The summed E-state index contributed by atoms with van der Waals surface area (Å²) < 4.78 is 0. The molecule has 1 aromatic heterocycles. The fraction of sp³-hybridized carbons (Fsp3) is 0.538. The van der Waals surface area contributed by atoms with Crippen LogP contribution in [0.2, 0.25) is 0 Å². The molecule has 0 aromatic carbocycles. The SMILES string of the molecule is O=C(c1ccccn1)N1CCCC1CCCO. The zero-order chi connectivity index (χ0) is 12.1. The van der Waals surface area contributed by atoms with Gasteiger partial charge in [0.1, 0.15) is 5.69 Å². The second-order valence-corrected chi connectivity index (χ2v) is 4.38. The van der Waals surface area contributed by atoms with E-state index in [1.54, 1.807) is 12.3 Å². The van der Waals surface area contributed by atoms with Crippen molar-refractivity contribution in [2.75, 3.05) is 13.2 Å². The lowest BCUT2D eigenvalue weighted by Gasteiger charge is -2.24. The third-order valence-corrected chi connectivity index (χ3v) is 3.22. The van der Waals surface area contributed by atoms with Gasteiger partial charge in [-0.15, -0.1) is 0 Å². The number of hydrogen-bond donors (Lipinski definition) is 1. The average molecular weight is 234 g/mol. The number of likely N-dealkylation sites (tertiary alicyclic amines) is 1. The van der Waals surface area contributed by atoms with Crippen molar-refractivity contribution in [3.8, 4) is 0 Å². The van der Waals surface area contributed by atoms with E-state index in [1.807, 2.05) is 17.0 Å². The highest BCUT2D eigenvalue weighted by Crippen LogP contribution is 2.22. The van der Waals surface area contributed by atoms with Crippen LogP contribution in [0.5, 0.6) is 0 Å². The number of pyridine rings is 1. The van der Waals surface area contributed by atoms with E-state index in [1.165, 1.54) is 0 Å². The molecule has 2 rings (SSSR count). The Morgan fingerprint density at radius 2 is 2.41 bits per heavy atom. The Morgan fingerprint density at radius 1 is 1.53 bits per heavy atom. The molecular formula is C13H18N2O2. The summed E-state index contributed by atoms with van der Waals surface area (Å²) in [6, 6.07) is 5.67. The van der Waals surface area contributed by atoms with Crippen LogP contribution in [0.4, 0.5) is 0 Å². The Labute approximate surface area is 101 Å². The van der Waals surface area contributed by atoms with Crippen LogP contribution in [-0.4, -0.2) is 40.1 Å². The van der Waals surface area contributed by atoms with Crippen LogP contribution in [0.25, 0.3) is 0 Å². The van der Waals surface area contributed by atoms with Crippen molar-refractivity contribution in [3.05, 3.63) is 30.1 Å². The fourth-order valence-electron chi connectivity index (χ4n) is 2.37.